The van der Waals surface area contributed by atoms with Gasteiger partial charge in [0.2, 0.25) is 0 Å². The highest BCUT2D eigenvalue weighted by molar-refractivity contribution is 5.91. The predicted molar refractivity (Wildman–Crippen MR) is 49.0 cm³/mol. The van der Waals surface area contributed by atoms with Crippen LogP contribution in [0.1, 0.15) is 33.7 Å². The Morgan fingerprint density at radius 1 is 1.44 bits per heavy atom. The van der Waals surface area contributed by atoms with Crippen LogP contribution in [0.4, 0.5) is 22.0 Å². The summed E-state index contributed by atoms with van der Waals surface area (Å²) in [5.74, 6) is -2.12. The monoisotopic (exact) mass is 270 g/mol. The molecule has 100 valence electrons. The van der Waals surface area contributed by atoms with E-state index in [9.17, 15) is 26.7 Å². The van der Waals surface area contributed by atoms with E-state index in [1.807, 2.05) is 0 Å². The summed E-state index contributed by atoms with van der Waals surface area (Å²) < 4.78 is 62.8. The molecular weight excluding hydrogens is 263 g/mol. The van der Waals surface area contributed by atoms with Gasteiger partial charge in [-0.3, -0.25) is 0 Å². The highest BCUT2D eigenvalue weighted by Crippen LogP contribution is 2.35. The predicted octanol–water partition coefficient (Wildman–Crippen LogP) is 2.19. The van der Waals surface area contributed by atoms with Crippen LogP contribution in [0.5, 0.6) is 0 Å². The maximum atomic E-state index is 12.6. The number of hydrogen-bond donors (Lipinski definition) is 2. The lowest BCUT2D eigenvalue weighted by Crippen LogP contribution is -2.20. The van der Waals surface area contributed by atoms with Gasteiger partial charge in [-0.15, -0.1) is 0 Å². The van der Waals surface area contributed by atoms with Crippen molar-refractivity contribution in [3.63, 3.8) is 0 Å². The normalized spacial score (nSPS) is 11.9. The van der Waals surface area contributed by atoms with E-state index in [1.54, 1.807) is 0 Å². The quantitative estimate of drug-likeness (QED) is 0.825. The van der Waals surface area contributed by atoms with Crippen molar-refractivity contribution in [2.24, 2.45) is 5.73 Å². The molecule has 1 aromatic rings. The van der Waals surface area contributed by atoms with Crippen molar-refractivity contribution in [3.05, 3.63) is 28.6 Å². The lowest BCUT2D eigenvalue weighted by atomic mass is 10.0. The van der Waals surface area contributed by atoms with E-state index in [1.165, 1.54) is 0 Å². The van der Waals surface area contributed by atoms with E-state index < -0.39 is 47.6 Å². The zero-order valence-corrected chi connectivity index (χ0v) is 8.63. The van der Waals surface area contributed by atoms with Crippen LogP contribution in [0.2, 0.25) is 0 Å². The van der Waals surface area contributed by atoms with Crippen LogP contribution < -0.4 is 5.73 Å². The Hall–Kier alpha value is -1.77. The van der Waals surface area contributed by atoms with Crippen LogP contribution >= 0.6 is 0 Å². The fourth-order valence-corrected chi connectivity index (χ4v) is 1.33. The molecular formula is C9H7F5N2O2. The first-order valence-electron chi connectivity index (χ1n) is 4.51. The number of nitrogens with zero attached hydrogens (tertiary/aromatic N) is 1. The molecule has 4 nitrogen and oxygen atoms in total. The highest BCUT2D eigenvalue weighted by atomic mass is 19.4. The van der Waals surface area contributed by atoms with Crippen molar-refractivity contribution in [1.29, 1.82) is 0 Å². The van der Waals surface area contributed by atoms with Gasteiger partial charge in [0.1, 0.15) is 0 Å². The number of aromatic carboxylic acids is 1. The zero-order chi connectivity index (χ0) is 14.1. The summed E-state index contributed by atoms with van der Waals surface area (Å²) in [6.45, 7) is -0.511. The third-order valence-electron chi connectivity index (χ3n) is 2.03. The number of hydrogen-bond acceptors (Lipinski definition) is 3. The average molecular weight is 270 g/mol. The van der Waals surface area contributed by atoms with Gasteiger partial charge in [-0.25, -0.2) is 18.6 Å². The first kappa shape index (κ1) is 14.3. The Balaban J connectivity index is 3.66. The molecule has 0 aromatic carbocycles. The molecule has 0 radical (unpaired) electrons. The summed E-state index contributed by atoms with van der Waals surface area (Å²) in [5, 5.41) is 8.62. The lowest BCUT2D eigenvalue weighted by Gasteiger charge is -2.14. The van der Waals surface area contributed by atoms with Gasteiger partial charge in [0.25, 0.3) is 6.43 Å². The van der Waals surface area contributed by atoms with E-state index >= 15 is 0 Å². The Bertz CT molecular complexity index is 473. The molecule has 0 aliphatic heterocycles. The summed E-state index contributed by atoms with van der Waals surface area (Å²) in [5.41, 5.74) is -0.0799. The van der Waals surface area contributed by atoms with E-state index in [0.29, 0.717) is 6.07 Å². The number of alkyl halides is 5. The first-order valence-corrected chi connectivity index (χ1v) is 4.51. The minimum Gasteiger partial charge on any atom is -0.478 e. The van der Waals surface area contributed by atoms with Crippen LogP contribution in [0.15, 0.2) is 6.07 Å². The number of nitrogens with two attached hydrogens (primary N) is 1. The van der Waals surface area contributed by atoms with Gasteiger partial charge in [-0.1, -0.05) is 0 Å². The molecule has 0 bridgehead atoms. The molecule has 0 unspecified atom stereocenters. The second-order valence-corrected chi connectivity index (χ2v) is 3.23. The lowest BCUT2D eigenvalue weighted by molar-refractivity contribution is -0.141. The first-order chi connectivity index (χ1) is 8.18. The van der Waals surface area contributed by atoms with Gasteiger partial charge >= 0.3 is 12.1 Å². The minimum atomic E-state index is -5.15. The Labute approximate surface area is 97.2 Å². The second-order valence-electron chi connectivity index (χ2n) is 3.23. The molecule has 0 saturated carbocycles. The molecule has 0 spiro atoms. The number of carbonyl (C=O) groups is 1. The van der Waals surface area contributed by atoms with Crippen molar-refractivity contribution in [3.8, 4) is 0 Å². The summed E-state index contributed by atoms with van der Waals surface area (Å²) in [7, 11) is 0. The Kier molecular flexibility index (Phi) is 3.85. The zero-order valence-electron chi connectivity index (χ0n) is 8.63. The second kappa shape index (κ2) is 4.84. The molecule has 18 heavy (non-hydrogen) atoms. The van der Waals surface area contributed by atoms with Gasteiger partial charge in [0.05, 0.1) is 11.3 Å². The van der Waals surface area contributed by atoms with E-state index in [4.69, 9.17) is 10.8 Å². The third kappa shape index (κ3) is 2.73. The molecule has 0 aliphatic rings. The van der Waals surface area contributed by atoms with Crippen molar-refractivity contribution >= 4 is 5.97 Å². The number of carboxylic acid groups (broad SMARTS) is 1. The van der Waals surface area contributed by atoms with Gasteiger partial charge < -0.3 is 10.8 Å². The molecule has 0 amide bonds. The molecule has 9 heteroatoms. The molecule has 1 heterocycles. The number of rotatable bonds is 3. The number of pyridine rings is 1. The summed E-state index contributed by atoms with van der Waals surface area (Å²) in [6.07, 6.45) is -8.52. The SMILES string of the molecule is NCc1cc(C(F)F)c(C(=O)O)c(C(F)(F)F)n1. The van der Waals surface area contributed by atoms with E-state index in [2.05, 4.69) is 4.98 Å². The Morgan fingerprint density at radius 3 is 2.33 bits per heavy atom. The van der Waals surface area contributed by atoms with Crippen molar-refractivity contribution in [1.82, 2.24) is 4.98 Å². The van der Waals surface area contributed by atoms with Crippen LogP contribution in [0.3, 0.4) is 0 Å². The molecule has 3 N–H and O–H groups in total. The minimum absolute atomic E-state index is 0.456. The molecule has 1 aromatic heterocycles. The Morgan fingerprint density at radius 2 is 2.00 bits per heavy atom. The van der Waals surface area contributed by atoms with Gasteiger partial charge in [0.15, 0.2) is 5.69 Å². The van der Waals surface area contributed by atoms with E-state index in [0.717, 1.165) is 0 Å². The van der Waals surface area contributed by atoms with E-state index in [-0.39, 0.29) is 0 Å². The maximum absolute atomic E-state index is 12.6. The van der Waals surface area contributed by atoms with Crippen molar-refractivity contribution in [2.75, 3.05) is 0 Å². The van der Waals surface area contributed by atoms with Gasteiger partial charge in [-0.2, -0.15) is 13.2 Å². The number of halogens is 5. The third-order valence-corrected chi connectivity index (χ3v) is 2.03. The number of carboxylic acids is 1. The fraction of sp³-hybridized carbons (Fsp3) is 0.333. The fourth-order valence-electron chi connectivity index (χ4n) is 1.33. The summed E-state index contributed by atoms with van der Waals surface area (Å²) in [4.78, 5) is 13.7. The molecule has 0 aliphatic carbocycles. The van der Waals surface area contributed by atoms with Gasteiger partial charge in [-0.05, 0) is 6.07 Å². The molecule has 1 rings (SSSR count). The molecule has 0 saturated heterocycles. The standard InChI is InChI=1S/C9H7F5N2O2/c10-7(11)4-1-3(2-15)16-6(9(12,13)14)5(4)8(17)18/h1,7H,2,15H2,(H,17,18). The molecule has 0 fully saturated rings. The van der Waals surface area contributed by atoms with Crippen LogP contribution in [-0.4, -0.2) is 16.1 Å². The smallest absolute Gasteiger partial charge is 0.434 e. The van der Waals surface area contributed by atoms with Crippen LogP contribution in [-0.2, 0) is 12.7 Å². The maximum Gasteiger partial charge on any atom is 0.434 e. The topological polar surface area (TPSA) is 76.2 Å². The van der Waals surface area contributed by atoms with Crippen LogP contribution in [0.25, 0.3) is 0 Å². The van der Waals surface area contributed by atoms with Crippen molar-refractivity contribution in [2.45, 2.75) is 19.1 Å². The largest absolute Gasteiger partial charge is 0.478 e. The number of aromatic nitrogens is 1. The molecule has 0 atom stereocenters. The summed E-state index contributed by atoms with van der Waals surface area (Å²) in [6, 6.07) is 0.559. The average Bonchev–Trinajstić information content (AvgIpc) is 2.25. The highest BCUT2D eigenvalue weighted by Gasteiger charge is 2.40. The van der Waals surface area contributed by atoms with Crippen molar-refractivity contribution < 1.29 is 31.9 Å². The van der Waals surface area contributed by atoms with Crippen LogP contribution in [0, 0.1) is 0 Å². The summed E-state index contributed by atoms with van der Waals surface area (Å²) >= 11 is 0. The van der Waals surface area contributed by atoms with Gasteiger partial charge in [0, 0.05) is 12.1 Å².